The van der Waals surface area contributed by atoms with Crippen molar-refractivity contribution in [1.82, 2.24) is 9.55 Å². The topological polar surface area (TPSA) is 64.1 Å². The molecule has 0 saturated carbocycles. The minimum Gasteiger partial charge on any atom is -0.387 e. The number of H-pyrrole nitrogens is 1. The van der Waals surface area contributed by atoms with Crippen LogP contribution in [0.5, 0.6) is 0 Å². The molecule has 1 rings (SSSR count). The van der Waals surface area contributed by atoms with E-state index in [1.165, 1.54) is 10.8 Å². The molecule has 5 nitrogen and oxygen atoms in total. The molecule has 89 valence electrons. The summed E-state index contributed by atoms with van der Waals surface area (Å²) >= 11 is 0. The van der Waals surface area contributed by atoms with E-state index in [9.17, 15) is 9.59 Å². The Hall–Kier alpha value is -0.256. The maximum atomic E-state index is 11.1. The van der Waals surface area contributed by atoms with Gasteiger partial charge in [0, 0.05) is 45.9 Å². The third-order valence-electron chi connectivity index (χ3n) is 1.51. The molecule has 0 bridgehead atoms. The van der Waals surface area contributed by atoms with Gasteiger partial charge in [0.25, 0.3) is 0 Å². The van der Waals surface area contributed by atoms with Gasteiger partial charge >= 0.3 is 5.69 Å². The maximum absolute atomic E-state index is 11.1. The Morgan fingerprint density at radius 2 is 2.12 bits per heavy atom. The molecule has 0 aromatic carbocycles. The largest absolute Gasteiger partial charge is 0.387 e. The van der Waals surface area contributed by atoms with Gasteiger partial charge in [-0.25, -0.2) is 4.79 Å². The molecule has 0 fully saturated rings. The first-order chi connectivity index (χ1) is 7.24. The molecule has 1 aromatic heterocycles. The molecular formula is C10H16N2O3Y-2. The molecular weight excluding hydrogens is 285 g/mol. The quantitative estimate of drug-likeness (QED) is 0.639. The SMILES string of the molecule is CCOCCn1c[c-]c(=O)[nH]c1=O.[CH2-]C.[Y]. The van der Waals surface area contributed by atoms with Crippen molar-refractivity contribution in [3.05, 3.63) is 40.0 Å². The van der Waals surface area contributed by atoms with E-state index in [4.69, 9.17) is 4.74 Å². The third kappa shape index (κ3) is 7.09. The van der Waals surface area contributed by atoms with Crippen molar-refractivity contribution in [2.24, 2.45) is 0 Å². The Kier molecular flexibility index (Phi) is 12.7. The zero-order chi connectivity index (χ0) is 11.7. The zero-order valence-electron chi connectivity index (χ0n) is 9.66. The summed E-state index contributed by atoms with van der Waals surface area (Å²) in [4.78, 5) is 23.8. The molecule has 6 heteroatoms. The van der Waals surface area contributed by atoms with Crippen LogP contribution in [0.15, 0.2) is 15.8 Å². The summed E-state index contributed by atoms with van der Waals surface area (Å²) in [7, 11) is 0. The van der Waals surface area contributed by atoms with Crippen LogP contribution >= 0.6 is 0 Å². The van der Waals surface area contributed by atoms with Gasteiger partial charge in [-0.05, 0) is 6.92 Å². The van der Waals surface area contributed by atoms with Gasteiger partial charge in [0.2, 0.25) is 0 Å². The molecule has 0 spiro atoms. The molecule has 0 aliphatic rings. The first-order valence-corrected chi connectivity index (χ1v) is 4.74. The summed E-state index contributed by atoms with van der Waals surface area (Å²) in [6.07, 6.45) is 1.33. The smallest absolute Gasteiger partial charge is 0.323 e. The van der Waals surface area contributed by atoms with Gasteiger partial charge in [0.1, 0.15) is 0 Å². The van der Waals surface area contributed by atoms with Crippen LogP contribution < -0.4 is 11.2 Å². The number of aromatic nitrogens is 2. The van der Waals surface area contributed by atoms with Crippen molar-refractivity contribution in [2.45, 2.75) is 20.4 Å². The average Bonchev–Trinajstić information content (AvgIpc) is 2.24. The molecule has 0 amide bonds. The summed E-state index contributed by atoms with van der Waals surface area (Å²) < 4.78 is 6.40. The van der Waals surface area contributed by atoms with Crippen LogP contribution in [0.1, 0.15) is 13.8 Å². The molecule has 0 saturated heterocycles. The van der Waals surface area contributed by atoms with Gasteiger partial charge in [0.05, 0.1) is 12.2 Å². The monoisotopic (exact) mass is 301 g/mol. The number of nitrogens with one attached hydrogen (secondary N) is 1. The van der Waals surface area contributed by atoms with Crippen molar-refractivity contribution in [3.8, 4) is 0 Å². The van der Waals surface area contributed by atoms with Crippen LogP contribution in [-0.4, -0.2) is 22.8 Å². The Bertz CT molecular complexity index is 373. The molecule has 0 atom stereocenters. The van der Waals surface area contributed by atoms with E-state index in [-0.39, 0.29) is 32.7 Å². The molecule has 16 heavy (non-hydrogen) atoms. The minimum atomic E-state index is -0.502. The van der Waals surface area contributed by atoms with Crippen LogP contribution in [0.25, 0.3) is 0 Å². The van der Waals surface area contributed by atoms with Crippen molar-refractivity contribution >= 4 is 0 Å². The summed E-state index contributed by atoms with van der Waals surface area (Å²) in [5.41, 5.74) is -0.930. The van der Waals surface area contributed by atoms with Crippen LogP contribution in [-0.2, 0) is 44.0 Å². The van der Waals surface area contributed by atoms with E-state index >= 15 is 0 Å². The van der Waals surface area contributed by atoms with Crippen molar-refractivity contribution < 1.29 is 37.4 Å². The molecule has 1 heterocycles. The standard InChI is InChI=1S/C8H11N2O3.C2H5.Y/c1-2-13-6-5-10-4-3-7(11)9-8(10)12;1-2;/h4H,2,5-6H2,1H3,(H,9,11,12);1H2,2H3;/q2*-1;. The number of hydrogen-bond donors (Lipinski definition) is 1. The van der Waals surface area contributed by atoms with E-state index in [0.29, 0.717) is 19.8 Å². The number of ether oxygens (including phenoxy) is 1. The first-order valence-electron chi connectivity index (χ1n) is 4.74. The number of aromatic amines is 1. The van der Waals surface area contributed by atoms with Crippen molar-refractivity contribution in [2.75, 3.05) is 13.2 Å². The molecule has 1 N–H and O–H groups in total. The maximum Gasteiger partial charge on any atom is 0.323 e. The summed E-state index contributed by atoms with van der Waals surface area (Å²) in [5, 5.41) is 0. The Balaban J connectivity index is 0. The second-order valence-electron chi connectivity index (χ2n) is 2.42. The summed E-state index contributed by atoms with van der Waals surface area (Å²) in [6, 6.07) is 2.36. The average molecular weight is 301 g/mol. The molecule has 1 radical (unpaired) electrons. The Morgan fingerprint density at radius 3 is 2.62 bits per heavy atom. The van der Waals surface area contributed by atoms with E-state index in [1.54, 1.807) is 6.92 Å². The minimum absolute atomic E-state index is 0. The Labute approximate surface area is 120 Å². The fourth-order valence-electron chi connectivity index (χ4n) is 0.874. The van der Waals surface area contributed by atoms with Gasteiger partial charge in [-0.1, -0.05) is 0 Å². The predicted octanol–water partition coefficient (Wildman–Crippen LogP) is 0.211. The van der Waals surface area contributed by atoms with E-state index in [1.807, 2.05) is 6.92 Å². The fourth-order valence-corrected chi connectivity index (χ4v) is 0.874. The Morgan fingerprint density at radius 1 is 1.50 bits per heavy atom. The number of hydrogen-bond acceptors (Lipinski definition) is 3. The first kappa shape index (κ1) is 18.1. The van der Waals surface area contributed by atoms with Crippen LogP contribution in [0.4, 0.5) is 0 Å². The molecule has 0 aliphatic heterocycles. The summed E-state index contributed by atoms with van der Waals surface area (Å²) in [5.74, 6) is 0. The van der Waals surface area contributed by atoms with Gasteiger partial charge in [-0.3, -0.25) is 0 Å². The normalized spacial score (nSPS) is 8.69. The van der Waals surface area contributed by atoms with Crippen molar-refractivity contribution in [3.63, 3.8) is 0 Å². The van der Waals surface area contributed by atoms with Crippen molar-refractivity contribution in [1.29, 1.82) is 0 Å². The predicted molar refractivity (Wildman–Crippen MR) is 57.7 cm³/mol. The van der Waals surface area contributed by atoms with E-state index < -0.39 is 11.2 Å². The molecule has 0 unspecified atom stereocenters. The second-order valence-corrected chi connectivity index (χ2v) is 2.42. The van der Waals surface area contributed by atoms with Crippen LogP contribution in [0.3, 0.4) is 0 Å². The van der Waals surface area contributed by atoms with E-state index in [0.717, 1.165) is 0 Å². The fraction of sp³-hybridized carbons (Fsp3) is 0.500. The summed E-state index contributed by atoms with van der Waals surface area (Å²) in [6.45, 7) is 8.37. The van der Waals surface area contributed by atoms with E-state index in [2.05, 4.69) is 18.0 Å². The third-order valence-corrected chi connectivity index (χ3v) is 1.51. The van der Waals surface area contributed by atoms with Crippen LogP contribution in [0, 0.1) is 13.0 Å². The van der Waals surface area contributed by atoms with Gasteiger partial charge in [-0.2, -0.15) is 13.1 Å². The van der Waals surface area contributed by atoms with Gasteiger partial charge in [0.15, 0.2) is 0 Å². The van der Waals surface area contributed by atoms with Gasteiger partial charge < -0.3 is 32.1 Å². The second kappa shape index (κ2) is 11.2. The number of rotatable bonds is 4. The zero-order valence-corrected chi connectivity index (χ0v) is 12.5. The number of nitrogens with zero attached hydrogens (tertiary/aromatic N) is 1. The molecule has 1 aromatic rings. The van der Waals surface area contributed by atoms with Crippen LogP contribution in [0.2, 0.25) is 0 Å². The van der Waals surface area contributed by atoms with Gasteiger partial charge in [-0.15, -0.1) is 0 Å². The molecule has 0 aliphatic carbocycles.